The number of likely N-dealkylation sites (tertiary alicyclic amines) is 1. The lowest BCUT2D eigenvalue weighted by Crippen LogP contribution is -2.30. The minimum absolute atomic E-state index is 0.178. The van der Waals surface area contributed by atoms with Crippen LogP contribution in [0.4, 0.5) is 0 Å². The van der Waals surface area contributed by atoms with Gasteiger partial charge in [0, 0.05) is 5.38 Å². The molecule has 0 radical (unpaired) electrons. The molecule has 1 saturated heterocycles. The summed E-state index contributed by atoms with van der Waals surface area (Å²) in [4.78, 5) is 14.6. The van der Waals surface area contributed by atoms with Crippen molar-refractivity contribution in [3.05, 3.63) is 21.9 Å². The number of esters is 1. The zero-order valence-corrected chi connectivity index (χ0v) is 13.0. The number of carbonyl (C=O) groups excluding carboxylic acids is 1. The van der Waals surface area contributed by atoms with Crippen LogP contribution < -0.4 is 0 Å². The highest BCUT2D eigenvalue weighted by molar-refractivity contribution is 7.08. The Labute approximate surface area is 119 Å². The first-order valence-electron chi connectivity index (χ1n) is 6.85. The molecule has 3 nitrogen and oxygen atoms in total. The quantitative estimate of drug-likeness (QED) is 0.777. The van der Waals surface area contributed by atoms with E-state index in [1.165, 1.54) is 5.56 Å². The summed E-state index contributed by atoms with van der Waals surface area (Å²) in [6, 6.07) is 0. The smallest absolute Gasteiger partial charge is 0.339 e. The monoisotopic (exact) mass is 281 g/mol. The normalized spacial score (nSPS) is 18.5. The van der Waals surface area contributed by atoms with Crippen molar-refractivity contribution >= 4 is 17.3 Å². The molecule has 1 fully saturated rings. The molecule has 1 aliphatic heterocycles. The molecule has 0 amide bonds. The number of nitrogens with zero attached hydrogens (tertiary/aromatic N) is 1. The Hall–Kier alpha value is -0.870. The van der Waals surface area contributed by atoms with Crippen LogP contribution in [-0.4, -0.2) is 36.6 Å². The van der Waals surface area contributed by atoms with Crippen LogP contribution in [-0.2, 0) is 4.74 Å². The zero-order valence-electron chi connectivity index (χ0n) is 12.2. The van der Waals surface area contributed by atoms with Crippen molar-refractivity contribution in [3.8, 4) is 0 Å². The van der Waals surface area contributed by atoms with Gasteiger partial charge in [-0.05, 0) is 70.6 Å². The summed E-state index contributed by atoms with van der Waals surface area (Å²) in [6.45, 7) is 7.94. The minimum atomic E-state index is -0.428. The lowest BCUT2D eigenvalue weighted by Gasteiger charge is -2.29. The van der Waals surface area contributed by atoms with Crippen LogP contribution in [0.25, 0.3) is 0 Å². The molecule has 106 valence electrons. The van der Waals surface area contributed by atoms with Gasteiger partial charge in [-0.15, -0.1) is 0 Å². The standard InChI is InChI=1S/C15H23NO2S/c1-15(2,3)18-14(17)13-10-19-9-12(13)11-5-7-16(4)8-6-11/h9-11H,5-8H2,1-4H3. The van der Waals surface area contributed by atoms with Crippen molar-refractivity contribution < 1.29 is 9.53 Å². The molecular weight excluding hydrogens is 258 g/mol. The molecule has 2 heterocycles. The van der Waals surface area contributed by atoms with Crippen molar-refractivity contribution in [2.45, 2.75) is 45.1 Å². The van der Waals surface area contributed by atoms with Gasteiger partial charge in [-0.25, -0.2) is 4.79 Å². The number of piperidine rings is 1. The molecule has 0 bridgehead atoms. The first kappa shape index (κ1) is 14.5. The van der Waals surface area contributed by atoms with E-state index in [-0.39, 0.29) is 5.97 Å². The van der Waals surface area contributed by atoms with E-state index in [1.54, 1.807) is 11.3 Å². The van der Waals surface area contributed by atoms with Gasteiger partial charge in [0.1, 0.15) is 5.60 Å². The van der Waals surface area contributed by atoms with Gasteiger partial charge in [0.2, 0.25) is 0 Å². The molecule has 19 heavy (non-hydrogen) atoms. The fraction of sp³-hybridized carbons (Fsp3) is 0.667. The van der Waals surface area contributed by atoms with Crippen molar-refractivity contribution in [2.24, 2.45) is 0 Å². The van der Waals surface area contributed by atoms with E-state index in [1.807, 2.05) is 26.2 Å². The molecule has 1 aromatic rings. The van der Waals surface area contributed by atoms with Crippen molar-refractivity contribution in [1.82, 2.24) is 4.90 Å². The van der Waals surface area contributed by atoms with Gasteiger partial charge < -0.3 is 9.64 Å². The number of hydrogen-bond acceptors (Lipinski definition) is 4. The molecule has 4 heteroatoms. The van der Waals surface area contributed by atoms with Gasteiger partial charge in [0.25, 0.3) is 0 Å². The van der Waals surface area contributed by atoms with Crippen LogP contribution in [0.3, 0.4) is 0 Å². The molecule has 0 aliphatic carbocycles. The van der Waals surface area contributed by atoms with Gasteiger partial charge >= 0.3 is 5.97 Å². The van der Waals surface area contributed by atoms with Crippen molar-refractivity contribution in [2.75, 3.05) is 20.1 Å². The highest BCUT2D eigenvalue weighted by Gasteiger charge is 2.26. The summed E-state index contributed by atoms with van der Waals surface area (Å²) in [5.74, 6) is 0.327. The fourth-order valence-corrected chi connectivity index (χ4v) is 3.34. The second-order valence-electron chi connectivity index (χ2n) is 6.32. The second-order valence-corrected chi connectivity index (χ2v) is 7.06. The van der Waals surface area contributed by atoms with E-state index < -0.39 is 5.60 Å². The average molecular weight is 281 g/mol. The molecule has 0 spiro atoms. The molecule has 0 unspecified atom stereocenters. The number of hydrogen-bond donors (Lipinski definition) is 0. The summed E-state index contributed by atoms with van der Waals surface area (Å²) in [7, 11) is 2.15. The largest absolute Gasteiger partial charge is 0.456 e. The summed E-state index contributed by atoms with van der Waals surface area (Å²) >= 11 is 1.60. The Balaban J connectivity index is 2.11. The number of thiophene rings is 1. The van der Waals surface area contributed by atoms with Crippen LogP contribution in [0.1, 0.15) is 55.5 Å². The summed E-state index contributed by atoms with van der Waals surface area (Å²) < 4.78 is 5.49. The van der Waals surface area contributed by atoms with E-state index in [9.17, 15) is 4.79 Å². The summed E-state index contributed by atoms with van der Waals surface area (Å²) in [6.07, 6.45) is 2.26. The Kier molecular flexibility index (Phi) is 4.31. The molecule has 1 aliphatic rings. The van der Waals surface area contributed by atoms with Gasteiger partial charge in [-0.3, -0.25) is 0 Å². The molecule has 1 aromatic heterocycles. The molecule has 0 atom stereocenters. The van der Waals surface area contributed by atoms with E-state index in [2.05, 4.69) is 17.3 Å². The van der Waals surface area contributed by atoms with Crippen LogP contribution in [0.15, 0.2) is 10.8 Å². The highest BCUT2D eigenvalue weighted by Crippen LogP contribution is 2.33. The van der Waals surface area contributed by atoms with Gasteiger partial charge in [-0.1, -0.05) is 0 Å². The molecule has 0 saturated carbocycles. The molecule has 2 rings (SSSR count). The van der Waals surface area contributed by atoms with Gasteiger partial charge in [-0.2, -0.15) is 11.3 Å². The number of ether oxygens (including phenoxy) is 1. The predicted octanol–water partition coefficient (Wildman–Crippen LogP) is 3.51. The van der Waals surface area contributed by atoms with Crippen LogP contribution in [0.5, 0.6) is 0 Å². The maximum atomic E-state index is 12.2. The maximum Gasteiger partial charge on any atom is 0.339 e. The molecule has 0 aromatic carbocycles. The molecular formula is C15H23NO2S. The third-order valence-corrected chi connectivity index (χ3v) is 4.23. The number of rotatable bonds is 2. The maximum absolute atomic E-state index is 12.2. The fourth-order valence-electron chi connectivity index (χ4n) is 2.44. The number of carbonyl (C=O) groups is 1. The third kappa shape index (κ3) is 3.80. The third-order valence-electron chi connectivity index (χ3n) is 3.47. The van der Waals surface area contributed by atoms with Crippen LogP contribution in [0.2, 0.25) is 0 Å². The van der Waals surface area contributed by atoms with E-state index >= 15 is 0 Å². The lowest BCUT2D eigenvalue weighted by molar-refractivity contribution is 0.00681. The van der Waals surface area contributed by atoms with Crippen molar-refractivity contribution in [1.29, 1.82) is 0 Å². The SMILES string of the molecule is CN1CCC(c2cscc2C(=O)OC(C)(C)C)CC1. The van der Waals surface area contributed by atoms with Gasteiger partial charge in [0.05, 0.1) is 5.56 Å². The second kappa shape index (κ2) is 5.63. The van der Waals surface area contributed by atoms with Crippen molar-refractivity contribution in [3.63, 3.8) is 0 Å². The van der Waals surface area contributed by atoms with Crippen LogP contribution >= 0.6 is 11.3 Å². The minimum Gasteiger partial charge on any atom is -0.456 e. The van der Waals surface area contributed by atoms with Crippen LogP contribution in [0, 0.1) is 0 Å². The topological polar surface area (TPSA) is 29.5 Å². The Morgan fingerprint density at radius 1 is 1.32 bits per heavy atom. The van der Waals surface area contributed by atoms with E-state index in [0.717, 1.165) is 31.5 Å². The first-order chi connectivity index (χ1) is 8.87. The predicted molar refractivity (Wildman–Crippen MR) is 79.0 cm³/mol. The Bertz CT molecular complexity index is 439. The summed E-state index contributed by atoms with van der Waals surface area (Å²) in [5, 5.41) is 4.05. The lowest BCUT2D eigenvalue weighted by atomic mass is 9.89. The Morgan fingerprint density at radius 2 is 1.95 bits per heavy atom. The molecule has 0 N–H and O–H groups in total. The van der Waals surface area contributed by atoms with Gasteiger partial charge in [0.15, 0.2) is 0 Å². The highest BCUT2D eigenvalue weighted by atomic mass is 32.1. The van der Waals surface area contributed by atoms with E-state index in [0.29, 0.717) is 5.92 Å². The zero-order chi connectivity index (χ0) is 14.0. The average Bonchev–Trinajstić information content (AvgIpc) is 2.76. The summed E-state index contributed by atoms with van der Waals surface area (Å²) in [5.41, 5.74) is 1.53. The Morgan fingerprint density at radius 3 is 2.53 bits per heavy atom. The van der Waals surface area contributed by atoms with E-state index in [4.69, 9.17) is 4.74 Å². The first-order valence-corrected chi connectivity index (χ1v) is 7.79.